The summed E-state index contributed by atoms with van der Waals surface area (Å²) in [5.74, 6) is -0.412. The Morgan fingerprint density at radius 3 is 2.69 bits per heavy atom. The third kappa shape index (κ3) is 5.93. The van der Waals surface area contributed by atoms with E-state index in [1.807, 2.05) is 0 Å². The molecule has 0 rings (SSSR count). The highest BCUT2D eigenvalue weighted by Crippen LogP contribution is 1.98. The standard InChI is InChI=1S/C12H16O4/c1-4-8-16-12(14)10(2)6-5-7-11(9-13)15-3/h4-7,9,11H,1,8H2,2-3H3/b7-5-,10-6+/t11-/m0/s1. The number of aldehydes is 1. The predicted molar refractivity (Wildman–Crippen MR) is 60.9 cm³/mol. The van der Waals surface area contributed by atoms with Gasteiger partial charge in [-0.25, -0.2) is 4.79 Å². The highest BCUT2D eigenvalue weighted by Gasteiger charge is 2.03. The van der Waals surface area contributed by atoms with Crippen LogP contribution in [-0.4, -0.2) is 32.1 Å². The molecule has 0 saturated heterocycles. The minimum absolute atomic E-state index is 0.183. The van der Waals surface area contributed by atoms with Crippen molar-refractivity contribution in [2.24, 2.45) is 0 Å². The topological polar surface area (TPSA) is 52.6 Å². The fourth-order valence-corrected chi connectivity index (χ4v) is 0.805. The second-order valence-electron chi connectivity index (χ2n) is 2.96. The largest absolute Gasteiger partial charge is 0.458 e. The molecule has 0 radical (unpaired) electrons. The molecule has 0 saturated carbocycles. The molecule has 0 aromatic heterocycles. The van der Waals surface area contributed by atoms with Crippen LogP contribution in [0.2, 0.25) is 0 Å². The van der Waals surface area contributed by atoms with Crippen molar-refractivity contribution in [1.29, 1.82) is 0 Å². The summed E-state index contributed by atoms with van der Waals surface area (Å²) in [6, 6.07) is 0. The van der Waals surface area contributed by atoms with Crippen LogP contribution in [0.4, 0.5) is 0 Å². The van der Waals surface area contributed by atoms with E-state index in [0.717, 1.165) is 0 Å². The number of esters is 1. The average Bonchev–Trinajstić information content (AvgIpc) is 2.31. The molecule has 4 nitrogen and oxygen atoms in total. The molecule has 0 amide bonds. The van der Waals surface area contributed by atoms with E-state index in [0.29, 0.717) is 11.9 Å². The quantitative estimate of drug-likeness (QED) is 0.216. The highest BCUT2D eigenvalue weighted by atomic mass is 16.5. The van der Waals surface area contributed by atoms with Gasteiger partial charge in [0.2, 0.25) is 0 Å². The van der Waals surface area contributed by atoms with Gasteiger partial charge in [0, 0.05) is 12.7 Å². The lowest BCUT2D eigenvalue weighted by Crippen LogP contribution is -2.07. The van der Waals surface area contributed by atoms with Crippen molar-refractivity contribution in [3.05, 3.63) is 36.5 Å². The molecule has 0 N–H and O–H groups in total. The van der Waals surface area contributed by atoms with E-state index < -0.39 is 12.1 Å². The van der Waals surface area contributed by atoms with Crippen LogP contribution in [0.1, 0.15) is 6.92 Å². The van der Waals surface area contributed by atoms with Gasteiger partial charge in [0.1, 0.15) is 12.7 Å². The monoisotopic (exact) mass is 224 g/mol. The number of rotatable bonds is 7. The lowest BCUT2D eigenvalue weighted by molar-refractivity contribution is -0.137. The van der Waals surface area contributed by atoms with Gasteiger partial charge in [-0.3, -0.25) is 0 Å². The van der Waals surface area contributed by atoms with Gasteiger partial charge in [0.25, 0.3) is 0 Å². The summed E-state index contributed by atoms with van der Waals surface area (Å²) in [5.41, 5.74) is 0.443. The number of carbonyl (C=O) groups is 2. The Balaban J connectivity index is 4.26. The Hall–Kier alpha value is -1.68. The molecule has 0 fully saturated rings. The zero-order valence-electron chi connectivity index (χ0n) is 9.51. The van der Waals surface area contributed by atoms with E-state index in [2.05, 4.69) is 6.58 Å². The highest BCUT2D eigenvalue weighted by molar-refractivity contribution is 5.88. The molecular formula is C12H16O4. The first kappa shape index (κ1) is 14.3. The molecule has 1 atom stereocenters. The van der Waals surface area contributed by atoms with Gasteiger partial charge in [-0.15, -0.1) is 0 Å². The molecule has 4 heteroatoms. The molecule has 0 spiro atoms. The van der Waals surface area contributed by atoms with Crippen molar-refractivity contribution >= 4 is 12.3 Å². The van der Waals surface area contributed by atoms with E-state index in [4.69, 9.17) is 9.47 Å². The Morgan fingerprint density at radius 2 is 2.19 bits per heavy atom. The van der Waals surface area contributed by atoms with Gasteiger partial charge >= 0.3 is 5.97 Å². The summed E-state index contributed by atoms with van der Waals surface area (Å²) in [7, 11) is 1.43. The fraction of sp³-hybridized carbons (Fsp3) is 0.333. The maximum atomic E-state index is 11.2. The first-order valence-corrected chi connectivity index (χ1v) is 4.77. The van der Waals surface area contributed by atoms with Crippen molar-refractivity contribution in [2.45, 2.75) is 13.0 Å². The van der Waals surface area contributed by atoms with Crippen LogP contribution in [0.25, 0.3) is 0 Å². The maximum absolute atomic E-state index is 11.2. The van der Waals surface area contributed by atoms with Crippen molar-refractivity contribution in [3.8, 4) is 0 Å². The Labute approximate surface area is 95.2 Å². The summed E-state index contributed by atoms with van der Waals surface area (Å²) in [4.78, 5) is 21.6. The van der Waals surface area contributed by atoms with E-state index in [9.17, 15) is 9.59 Å². The van der Waals surface area contributed by atoms with E-state index in [-0.39, 0.29) is 6.61 Å². The van der Waals surface area contributed by atoms with Crippen molar-refractivity contribution in [1.82, 2.24) is 0 Å². The van der Waals surface area contributed by atoms with Crippen LogP contribution in [0.15, 0.2) is 36.5 Å². The number of carbonyl (C=O) groups excluding carboxylic acids is 2. The minimum Gasteiger partial charge on any atom is -0.458 e. The normalized spacial score (nSPS) is 13.5. The molecule has 0 heterocycles. The lowest BCUT2D eigenvalue weighted by Gasteiger charge is -2.01. The van der Waals surface area contributed by atoms with Gasteiger partial charge in [-0.1, -0.05) is 24.8 Å². The molecule has 0 aliphatic rings. The Morgan fingerprint density at radius 1 is 1.50 bits per heavy atom. The Kier molecular flexibility index (Phi) is 7.71. The molecule has 0 unspecified atom stereocenters. The van der Waals surface area contributed by atoms with Crippen LogP contribution < -0.4 is 0 Å². The first-order chi connectivity index (χ1) is 7.65. The zero-order chi connectivity index (χ0) is 12.4. The third-order valence-corrected chi connectivity index (χ3v) is 1.71. The smallest absolute Gasteiger partial charge is 0.334 e. The van der Waals surface area contributed by atoms with Gasteiger partial charge in [-0.2, -0.15) is 0 Å². The molecule has 88 valence electrons. The zero-order valence-corrected chi connectivity index (χ0v) is 9.51. The van der Waals surface area contributed by atoms with E-state index in [1.165, 1.54) is 19.3 Å². The number of allylic oxidation sites excluding steroid dienone is 2. The van der Waals surface area contributed by atoms with Crippen LogP contribution in [0, 0.1) is 0 Å². The van der Waals surface area contributed by atoms with Gasteiger partial charge in [0.15, 0.2) is 6.29 Å². The van der Waals surface area contributed by atoms with Crippen LogP contribution in [0.3, 0.4) is 0 Å². The first-order valence-electron chi connectivity index (χ1n) is 4.77. The third-order valence-electron chi connectivity index (χ3n) is 1.71. The van der Waals surface area contributed by atoms with Crippen LogP contribution in [0.5, 0.6) is 0 Å². The van der Waals surface area contributed by atoms with E-state index >= 15 is 0 Å². The number of methoxy groups -OCH3 is 1. The summed E-state index contributed by atoms with van der Waals surface area (Å²) >= 11 is 0. The van der Waals surface area contributed by atoms with Gasteiger partial charge in [-0.05, 0) is 13.0 Å². The number of hydrogen-bond acceptors (Lipinski definition) is 4. The lowest BCUT2D eigenvalue weighted by atomic mass is 10.2. The van der Waals surface area contributed by atoms with Crippen molar-refractivity contribution < 1.29 is 19.1 Å². The summed E-state index contributed by atoms with van der Waals surface area (Å²) < 4.78 is 9.60. The molecular weight excluding hydrogens is 208 g/mol. The summed E-state index contributed by atoms with van der Waals surface area (Å²) in [6.07, 6.45) is 6.24. The number of ether oxygens (including phenoxy) is 2. The Bertz CT molecular complexity index is 302. The fourth-order valence-electron chi connectivity index (χ4n) is 0.805. The van der Waals surface area contributed by atoms with Crippen LogP contribution >= 0.6 is 0 Å². The van der Waals surface area contributed by atoms with Gasteiger partial charge < -0.3 is 14.3 Å². The average molecular weight is 224 g/mol. The summed E-state index contributed by atoms with van der Waals surface area (Å²) in [6.45, 7) is 5.24. The maximum Gasteiger partial charge on any atom is 0.334 e. The minimum atomic E-state index is -0.590. The van der Waals surface area contributed by atoms with E-state index in [1.54, 1.807) is 19.1 Å². The van der Waals surface area contributed by atoms with Crippen molar-refractivity contribution in [2.75, 3.05) is 13.7 Å². The molecule has 0 aliphatic heterocycles. The van der Waals surface area contributed by atoms with Crippen LogP contribution in [-0.2, 0) is 19.1 Å². The molecule has 0 aromatic carbocycles. The van der Waals surface area contributed by atoms with Crippen molar-refractivity contribution in [3.63, 3.8) is 0 Å². The molecule has 0 bridgehead atoms. The number of hydrogen-bond donors (Lipinski definition) is 0. The SMILES string of the molecule is C=CCOC(=O)/C(C)=C/C=C\[C@@H](C=O)OC. The molecule has 0 aromatic rings. The molecule has 0 aliphatic carbocycles. The molecule has 16 heavy (non-hydrogen) atoms. The second-order valence-corrected chi connectivity index (χ2v) is 2.96. The van der Waals surface area contributed by atoms with Gasteiger partial charge in [0.05, 0.1) is 0 Å². The summed E-state index contributed by atoms with van der Waals surface area (Å²) in [5, 5.41) is 0. The second kappa shape index (κ2) is 8.61. The predicted octanol–water partition coefficient (Wildman–Crippen LogP) is 1.43.